The van der Waals surface area contributed by atoms with Gasteiger partial charge in [-0.1, -0.05) is 6.07 Å². The Labute approximate surface area is 144 Å². The molecule has 0 spiro atoms. The molecule has 1 aromatic heterocycles. The van der Waals surface area contributed by atoms with E-state index >= 15 is 0 Å². The van der Waals surface area contributed by atoms with Gasteiger partial charge in [0.1, 0.15) is 23.7 Å². The highest BCUT2D eigenvalue weighted by molar-refractivity contribution is 5.89. The van der Waals surface area contributed by atoms with Gasteiger partial charge in [-0.05, 0) is 42.5 Å². The monoisotopic (exact) mass is 336 g/mol. The van der Waals surface area contributed by atoms with E-state index in [2.05, 4.69) is 20.6 Å². The summed E-state index contributed by atoms with van der Waals surface area (Å²) in [5.74, 6) is 0.952. The third kappa shape index (κ3) is 4.23. The number of benzene rings is 2. The van der Waals surface area contributed by atoms with Gasteiger partial charge >= 0.3 is 5.97 Å². The molecule has 25 heavy (non-hydrogen) atoms. The number of carbonyl (C=O) groups is 1. The van der Waals surface area contributed by atoms with Crippen LogP contribution < -0.4 is 15.4 Å². The number of ether oxygens (including phenoxy) is 1. The van der Waals surface area contributed by atoms with Gasteiger partial charge in [-0.3, -0.25) is 0 Å². The van der Waals surface area contributed by atoms with E-state index in [0.29, 0.717) is 17.3 Å². The van der Waals surface area contributed by atoms with Crippen molar-refractivity contribution in [2.75, 3.05) is 17.7 Å². The molecule has 0 bridgehead atoms. The molecule has 0 aliphatic heterocycles. The van der Waals surface area contributed by atoms with Crippen molar-refractivity contribution in [3.8, 4) is 5.75 Å². The summed E-state index contributed by atoms with van der Waals surface area (Å²) in [4.78, 5) is 19.4. The number of methoxy groups -OCH3 is 1. The van der Waals surface area contributed by atoms with E-state index in [1.54, 1.807) is 31.4 Å². The number of hydrogen-bond donors (Lipinski definition) is 3. The van der Waals surface area contributed by atoms with Crippen LogP contribution in [0.4, 0.5) is 23.0 Å². The Balaban J connectivity index is 1.74. The molecule has 3 rings (SSSR count). The summed E-state index contributed by atoms with van der Waals surface area (Å²) in [6.07, 6.45) is 1.43. The largest absolute Gasteiger partial charge is 0.497 e. The third-order valence-electron chi connectivity index (χ3n) is 3.41. The first-order chi connectivity index (χ1) is 12.1. The van der Waals surface area contributed by atoms with Gasteiger partial charge in [0, 0.05) is 17.4 Å². The Morgan fingerprint density at radius 1 is 0.960 bits per heavy atom. The molecule has 0 fully saturated rings. The third-order valence-corrected chi connectivity index (χ3v) is 3.41. The van der Waals surface area contributed by atoms with Gasteiger partial charge in [0.15, 0.2) is 0 Å². The zero-order valence-corrected chi connectivity index (χ0v) is 13.4. The molecule has 0 atom stereocenters. The molecule has 0 saturated heterocycles. The summed E-state index contributed by atoms with van der Waals surface area (Å²) in [7, 11) is 1.62. The highest BCUT2D eigenvalue weighted by Gasteiger charge is 2.05. The maximum absolute atomic E-state index is 11.0. The Morgan fingerprint density at radius 2 is 1.64 bits per heavy atom. The van der Waals surface area contributed by atoms with E-state index in [1.807, 2.05) is 24.3 Å². The fraction of sp³-hybridized carbons (Fsp3) is 0.0556. The number of hydrogen-bond acceptors (Lipinski definition) is 6. The van der Waals surface area contributed by atoms with E-state index in [4.69, 9.17) is 9.84 Å². The summed E-state index contributed by atoms with van der Waals surface area (Å²) < 4.78 is 5.13. The fourth-order valence-corrected chi connectivity index (χ4v) is 2.19. The van der Waals surface area contributed by atoms with Crippen molar-refractivity contribution in [2.45, 2.75) is 0 Å². The molecule has 126 valence electrons. The topological polar surface area (TPSA) is 96.4 Å². The van der Waals surface area contributed by atoms with Crippen LogP contribution in [0.3, 0.4) is 0 Å². The SMILES string of the molecule is COc1ccc(Nc2cc(Nc3cccc(C(=O)O)c3)ncn2)cc1. The minimum atomic E-state index is -0.979. The molecule has 0 aliphatic carbocycles. The van der Waals surface area contributed by atoms with E-state index < -0.39 is 5.97 Å². The molecule has 3 N–H and O–H groups in total. The van der Waals surface area contributed by atoms with Gasteiger partial charge in [-0.15, -0.1) is 0 Å². The number of carboxylic acid groups (broad SMARTS) is 1. The first-order valence-corrected chi connectivity index (χ1v) is 7.47. The van der Waals surface area contributed by atoms with Crippen molar-refractivity contribution in [2.24, 2.45) is 0 Å². The number of rotatable bonds is 6. The molecule has 2 aromatic carbocycles. The second-order valence-electron chi connectivity index (χ2n) is 5.15. The van der Waals surface area contributed by atoms with Crippen LogP contribution in [0.2, 0.25) is 0 Å². The minimum absolute atomic E-state index is 0.204. The molecule has 7 heteroatoms. The maximum Gasteiger partial charge on any atom is 0.335 e. The van der Waals surface area contributed by atoms with Crippen molar-refractivity contribution in [3.05, 3.63) is 66.5 Å². The van der Waals surface area contributed by atoms with E-state index in [1.165, 1.54) is 12.4 Å². The van der Waals surface area contributed by atoms with Gasteiger partial charge < -0.3 is 20.5 Å². The zero-order chi connectivity index (χ0) is 17.6. The van der Waals surface area contributed by atoms with Crippen molar-refractivity contribution in [1.82, 2.24) is 9.97 Å². The Morgan fingerprint density at radius 3 is 2.28 bits per heavy atom. The number of aromatic nitrogens is 2. The summed E-state index contributed by atoms with van der Waals surface area (Å²) in [5.41, 5.74) is 1.70. The van der Waals surface area contributed by atoms with E-state index in [9.17, 15) is 4.79 Å². The van der Waals surface area contributed by atoms with Gasteiger partial charge in [-0.25, -0.2) is 14.8 Å². The van der Waals surface area contributed by atoms with Crippen LogP contribution in [0.25, 0.3) is 0 Å². The lowest BCUT2D eigenvalue weighted by Gasteiger charge is -2.09. The zero-order valence-electron chi connectivity index (χ0n) is 13.4. The summed E-state index contributed by atoms with van der Waals surface area (Å²) in [6, 6.07) is 15.7. The van der Waals surface area contributed by atoms with Crippen LogP contribution in [-0.2, 0) is 0 Å². The Bertz CT molecular complexity index is 881. The summed E-state index contributed by atoms with van der Waals surface area (Å²) >= 11 is 0. The first kappa shape index (κ1) is 16.3. The van der Waals surface area contributed by atoms with E-state index in [0.717, 1.165) is 11.4 Å². The lowest BCUT2D eigenvalue weighted by atomic mass is 10.2. The molecule has 1 heterocycles. The second kappa shape index (κ2) is 7.31. The second-order valence-corrected chi connectivity index (χ2v) is 5.15. The van der Waals surface area contributed by atoms with Crippen LogP contribution in [0.15, 0.2) is 60.9 Å². The number of nitrogens with one attached hydrogen (secondary N) is 2. The molecule has 7 nitrogen and oxygen atoms in total. The predicted molar refractivity (Wildman–Crippen MR) is 95.0 cm³/mol. The average molecular weight is 336 g/mol. The molecule has 0 saturated carbocycles. The first-order valence-electron chi connectivity index (χ1n) is 7.47. The number of aromatic carboxylic acids is 1. The highest BCUT2D eigenvalue weighted by Crippen LogP contribution is 2.21. The van der Waals surface area contributed by atoms with Gasteiger partial charge in [0.05, 0.1) is 12.7 Å². The molecular formula is C18H16N4O3. The lowest BCUT2D eigenvalue weighted by molar-refractivity contribution is 0.0697. The lowest BCUT2D eigenvalue weighted by Crippen LogP contribution is -2.00. The molecule has 3 aromatic rings. The van der Waals surface area contributed by atoms with Crippen molar-refractivity contribution >= 4 is 29.0 Å². The van der Waals surface area contributed by atoms with Crippen LogP contribution >= 0.6 is 0 Å². The van der Waals surface area contributed by atoms with E-state index in [-0.39, 0.29) is 5.56 Å². The Hall–Kier alpha value is -3.61. The highest BCUT2D eigenvalue weighted by atomic mass is 16.5. The number of carboxylic acids is 1. The van der Waals surface area contributed by atoms with Crippen LogP contribution in [0.5, 0.6) is 5.75 Å². The maximum atomic E-state index is 11.0. The van der Waals surface area contributed by atoms with Crippen LogP contribution in [-0.4, -0.2) is 28.2 Å². The van der Waals surface area contributed by atoms with Gasteiger partial charge in [0.25, 0.3) is 0 Å². The molecule has 0 unspecified atom stereocenters. The van der Waals surface area contributed by atoms with Crippen molar-refractivity contribution < 1.29 is 14.6 Å². The Kier molecular flexibility index (Phi) is 4.75. The van der Waals surface area contributed by atoms with Crippen LogP contribution in [0.1, 0.15) is 10.4 Å². The number of anilines is 4. The molecule has 0 amide bonds. The quantitative estimate of drug-likeness (QED) is 0.632. The smallest absolute Gasteiger partial charge is 0.335 e. The van der Waals surface area contributed by atoms with Gasteiger partial charge in [-0.2, -0.15) is 0 Å². The van der Waals surface area contributed by atoms with Crippen molar-refractivity contribution in [3.63, 3.8) is 0 Å². The molecule has 0 radical (unpaired) electrons. The summed E-state index contributed by atoms with van der Waals surface area (Å²) in [5, 5.41) is 15.3. The normalized spacial score (nSPS) is 10.1. The average Bonchev–Trinajstić information content (AvgIpc) is 2.63. The van der Waals surface area contributed by atoms with Gasteiger partial charge in [0.2, 0.25) is 0 Å². The summed E-state index contributed by atoms with van der Waals surface area (Å²) in [6.45, 7) is 0. The fourth-order valence-electron chi connectivity index (χ4n) is 2.19. The molecule has 0 aliphatic rings. The standard InChI is InChI=1S/C18H16N4O3/c1-25-15-7-5-13(6-8-15)21-16-10-17(20-11-19-16)22-14-4-2-3-12(9-14)18(23)24/h2-11H,1H3,(H,23,24)(H2,19,20,21,22). The number of nitrogens with zero attached hydrogens (tertiary/aromatic N) is 2. The minimum Gasteiger partial charge on any atom is -0.497 e. The predicted octanol–water partition coefficient (Wildman–Crippen LogP) is 3.67. The van der Waals surface area contributed by atoms with Crippen molar-refractivity contribution in [1.29, 1.82) is 0 Å². The van der Waals surface area contributed by atoms with Crippen LogP contribution in [0, 0.1) is 0 Å². The molecular weight excluding hydrogens is 320 g/mol.